The summed E-state index contributed by atoms with van der Waals surface area (Å²) in [6.45, 7) is 3.41. The fourth-order valence-electron chi connectivity index (χ4n) is 2.91. The molecule has 2 atom stereocenters. The first-order chi connectivity index (χ1) is 9.69. The number of aliphatic hydroxyl groups is 1. The van der Waals surface area contributed by atoms with Crippen molar-refractivity contribution in [1.29, 1.82) is 0 Å². The van der Waals surface area contributed by atoms with Gasteiger partial charge in [0.2, 0.25) is 0 Å². The molecule has 20 heavy (non-hydrogen) atoms. The van der Waals surface area contributed by atoms with E-state index in [4.69, 9.17) is 11.2 Å². The molecule has 0 radical (unpaired) electrons. The maximum Gasteiger partial charge on any atom is 0.148 e. The zero-order chi connectivity index (χ0) is 14.4. The third-order valence-electron chi connectivity index (χ3n) is 4.27. The maximum absolute atomic E-state index is 9.58. The summed E-state index contributed by atoms with van der Waals surface area (Å²) in [4.78, 5) is 0. The predicted octanol–water partition coefficient (Wildman–Crippen LogP) is 2.34. The van der Waals surface area contributed by atoms with E-state index in [1.165, 1.54) is 6.42 Å². The van der Waals surface area contributed by atoms with Gasteiger partial charge in [0.05, 0.1) is 0 Å². The van der Waals surface area contributed by atoms with E-state index in [1.807, 2.05) is 24.3 Å². The van der Waals surface area contributed by atoms with Crippen molar-refractivity contribution in [2.45, 2.75) is 38.8 Å². The Hall–Kier alpha value is -1.50. The zero-order valence-electron chi connectivity index (χ0n) is 12.1. The van der Waals surface area contributed by atoms with Gasteiger partial charge < -0.3 is 15.2 Å². The van der Waals surface area contributed by atoms with Crippen LogP contribution < -0.4 is 10.1 Å². The smallest absolute Gasteiger partial charge is 0.148 e. The Morgan fingerprint density at radius 2 is 2.30 bits per heavy atom. The third kappa shape index (κ3) is 3.33. The van der Waals surface area contributed by atoms with Crippen LogP contribution >= 0.6 is 0 Å². The van der Waals surface area contributed by atoms with Crippen LogP contribution in [0.15, 0.2) is 24.3 Å². The topological polar surface area (TPSA) is 41.5 Å². The van der Waals surface area contributed by atoms with Crippen molar-refractivity contribution in [1.82, 2.24) is 5.32 Å². The lowest BCUT2D eigenvalue weighted by Gasteiger charge is -2.30. The zero-order valence-corrected chi connectivity index (χ0v) is 12.1. The summed E-state index contributed by atoms with van der Waals surface area (Å²) < 4.78 is 5.55. The van der Waals surface area contributed by atoms with Crippen LogP contribution in [0.25, 0.3) is 0 Å². The molecule has 1 fully saturated rings. The van der Waals surface area contributed by atoms with Gasteiger partial charge in [-0.1, -0.05) is 37.5 Å². The molecule has 1 aromatic rings. The fourth-order valence-corrected chi connectivity index (χ4v) is 2.91. The molecule has 2 N–H and O–H groups in total. The minimum Gasteiger partial charge on any atom is -0.481 e. The van der Waals surface area contributed by atoms with Crippen LogP contribution in [0.1, 0.15) is 31.7 Å². The highest BCUT2D eigenvalue weighted by Gasteiger charge is 2.37. The maximum atomic E-state index is 9.58. The van der Waals surface area contributed by atoms with Gasteiger partial charge in [-0.3, -0.25) is 0 Å². The Kier molecular flexibility index (Phi) is 5.05. The second-order valence-corrected chi connectivity index (χ2v) is 5.74. The standard InChI is InChI=1S/C17H23NO2/c1-3-11-20-15-8-5-4-7-14(15)12-18-16-9-6-10-17(16,2)13-19/h1,4-5,7-8,16,18-19H,6,9-13H2,2H3. The molecule has 0 bridgehead atoms. The average Bonchev–Trinajstić information content (AvgIpc) is 2.85. The van der Waals surface area contributed by atoms with Gasteiger partial charge in [-0.25, -0.2) is 0 Å². The number of rotatable bonds is 6. The lowest BCUT2D eigenvalue weighted by molar-refractivity contribution is 0.118. The Morgan fingerprint density at radius 1 is 1.50 bits per heavy atom. The molecule has 3 nitrogen and oxygen atoms in total. The predicted molar refractivity (Wildman–Crippen MR) is 80.4 cm³/mol. The number of terminal acetylenes is 1. The first-order valence-electron chi connectivity index (χ1n) is 7.18. The van der Waals surface area contributed by atoms with Crippen LogP contribution in [-0.2, 0) is 6.54 Å². The molecule has 0 heterocycles. The number of nitrogens with one attached hydrogen (secondary N) is 1. The Balaban J connectivity index is 1.99. The molecule has 0 aliphatic heterocycles. The SMILES string of the molecule is C#CCOc1ccccc1CNC1CCCC1(C)CO. The first-order valence-corrected chi connectivity index (χ1v) is 7.18. The van der Waals surface area contributed by atoms with Gasteiger partial charge >= 0.3 is 0 Å². The molecule has 2 unspecified atom stereocenters. The number of hydrogen-bond acceptors (Lipinski definition) is 3. The largest absolute Gasteiger partial charge is 0.481 e. The second kappa shape index (κ2) is 6.78. The molecule has 3 heteroatoms. The minimum absolute atomic E-state index is 0.00534. The number of aliphatic hydroxyl groups excluding tert-OH is 1. The lowest BCUT2D eigenvalue weighted by atomic mass is 9.85. The summed E-state index contributed by atoms with van der Waals surface area (Å²) >= 11 is 0. The monoisotopic (exact) mass is 273 g/mol. The van der Waals surface area contributed by atoms with Crippen molar-refractivity contribution in [2.75, 3.05) is 13.2 Å². The van der Waals surface area contributed by atoms with Crippen LogP contribution in [0.3, 0.4) is 0 Å². The highest BCUT2D eigenvalue weighted by molar-refractivity contribution is 5.33. The van der Waals surface area contributed by atoms with E-state index in [9.17, 15) is 5.11 Å². The van der Waals surface area contributed by atoms with Gasteiger partial charge in [0, 0.05) is 30.2 Å². The molecule has 1 saturated carbocycles. The molecule has 0 saturated heterocycles. The van der Waals surface area contributed by atoms with E-state index < -0.39 is 0 Å². The Morgan fingerprint density at radius 3 is 3.05 bits per heavy atom. The molecular formula is C17H23NO2. The summed E-state index contributed by atoms with van der Waals surface area (Å²) in [5, 5.41) is 13.1. The van der Waals surface area contributed by atoms with Gasteiger partial charge in [0.1, 0.15) is 12.4 Å². The average molecular weight is 273 g/mol. The van der Waals surface area contributed by atoms with Gasteiger partial charge in [-0.05, 0) is 18.9 Å². The third-order valence-corrected chi connectivity index (χ3v) is 4.27. The molecule has 1 aliphatic carbocycles. The van der Waals surface area contributed by atoms with Crippen molar-refractivity contribution in [3.8, 4) is 18.1 Å². The number of benzene rings is 1. The van der Waals surface area contributed by atoms with E-state index in [1.54, 1.807) is 0 Å². The van der Waals surface area contributed by atoms with Crippen LogP contribution in [0.5, 0.6) is 5.75 Å². The van der Waals surface area contributed by atoms with E-state index in [-0.39, 0.29) is 18.6 Å². The molecule has 0 amide bonds. The second-order valence-electron chi connectivity index (χ2n) is 5.74. The Labute approximate surface area is 121 Å². The highest BCUT2D eigenvalue weighted by Crippen LogP contribution is 2.37. The summed E-state index contributed by atoms with van der Waals surface area (Å²) in [6, 6.07) is 8.29. The van der Waals surface area contributed by atoms with Gasteiger partial charge in [-0.2, -0.15) is 0 Å². The van der Waals surface area contributed by atoms with Crippen molar-refractivity contribution in [3.05, 3.63) is 29.8 Å². The molecule has 108 valence electrons. The quantitative estimate of drug-likeness (QED) is 0.782. The normalized spacial score (nSPS) is 25.4. The van der Waals surface area contributed by atoms with Crippen molar-refractivity contribution < 1.29 is 9.84 Å². The van der Waals surface area contributed by atoms with Crippen molar-refractivity contribution >= 4 is 0 Å². The number of hydrogen-bond donors (Lipinski definition) is 2. The van der Waals surface area contributed by atoms with Crippen LogP contribution in [-0.4, -0.2) is 24.4 Å². The summed E-state index contributed by atoms with van der Waals surface area (Å²) in [6.07, 6.45) is 8.60. The number of ether oxygens (including phenoxy) is 1. The number of para-hydroxylation sites is 1. The molecule has 0 aromatic heterocycles. The van der Waals surface area contributed by atoms with E-state index in [0.29, 0.717) is 6.04 Å². The molecule has 1 aliphatic rings. The van der Waals surface area contributed by atoms with Crippen LogP contribution in [0, 0.1) is 17.8 Å². The molecule has 0 spiro atoms. The lowest BCUT2D eigenvalue weighted by Crippen LogP contribution is -2.41. The minimum atomic E-state index is -0.00534. The van der Waals surface area contributed by atoms with Gasteiger partial charge in [0.25, 0.3) is 0 Å². The van der Waals surface area contributed by atoms with Crippen LogP contribution in [0.4, 0.5) is 0 Å². The van der Waals surface area contributed by atoms with Gasteiger partial charge in [-0.15, -0.1) is 6.42 Å². The fraction of sp³-hybridized carbons (Fsp3) is 0.529. The van der Waals surface area contributed by atoms with Crippen molar-refractivity contribution in [3.63, 3.8) is 0 Å². The highest BCUT2D eigenvalue weighted by atomic mass is 16.5. The van der Waals surface area contributed by atoms with E-state index >= 15 is 0 Å². The Bertz CT molecular complexity index is 480. The van der Waals surface area contributed by atoms with Gasteiger partial charge in [0.15, 0.2) is 0 Å². The molecule has 2 rings (SSSR count). The van der Waals surface area contributed by atoms with E-state index in [0.717, 1.165) is 30.7 Å². The van der Waals surface area contributed by atoms with Crippen LogP contribution in [0.2, 0.25) is 0 Å². The summed E-state index contributed by atoms with van der Waals surface area (Å²) in [5.41, 5.74) is 1.10. The van der Waals surface area contributed by atoms with Crippen molar-refractivity contribution in [2.24, 2.45) is 5.41 Å². The van der Waals surface area contributed by atoms with E-state index in [2.05, 4.69) is 18.2 Å². The summed E-state index contributed by atoms with van der Waals surface area (Å²) in [7, 11) is 0. The summed E-state index contributed by atoms with van der Waals surface area (Å²) in [5.74, 6) is 3.32. The molecular weight excluding hydrogens is 250 g/mol. The first kappa shape index (κ1) is 14.9. The molecule has 1 aromatic carbocycles.